The normalized spacial score (nSPS) is 8.31. The van der Waals surface area contributed by atoms with Crippen molar-refractivity contribution in [3.8, 4) is 0 Å². The zero-order chi connectivity index (χ0) is 10.7. The van der Waals surface area contributed by atoms with Crippen molar-refractivity contribution in [2.45, 2.75) is 27.2 Å². The maximum Gasteiger partial charge on any atom is 0.313 e. The summed E-state index contributed by atoms with van der Waals surface area (Å²) < 4.78 is 4.20. The third-order valence-electron chi connectivity index (χ3n) is 1.12. The lowest BCUT2D eigenvalue weighted by atomic mass is 10.3. The summed E-state index contributed by atoms with van der Waals surface area (Å²) in [5.74, 6) is -0.644. The van der Waals surface area contributed by atoms with E-state index in [1.165, 1.54) is 34.9 Å². The average molecular weight is 206 g/mol. The number of methoxy groups -OCH3 is 1. The summed E-state index contributed by atoms with van der Waals surface area (Å²) in [6.07, 6.45) is 2.63. The Hall–Kier alpha value is -0.430. The summed E-state index contributed by atoms with van der Waals surface area (Å²) in [6.45, 7) is 5.79. The van der Waals surface area contributed by atoms with Crippen LogP contribution in [0.1, 0.15) is 27.2 Å². The molecule has 0 radical (unpaired) electrons. The van der Waals surface area contributed by atoms with Crippen LogP contribution in [0.25, 0.3) is 0 Å². The number of ether oxygens (including phenoxy) is 1. The number of ketones is 1. The molecule has 0 aromatic heterocycles. The summed E-state index contributed by atoms with van der Waals surface area (Å²) in [5, 5.41) is 0. The van der Waals surface area contributed by atoms with E-state index in [-0.39, 0.29) is 12.2 Å². The molecule has 0 aliphatic heterocycles. The minimum Gasteiger partial charge on any atom is -0.469 e. The molecule has 0 aromatic carbocycles. The fraction of sp³-hybridized carbons (Fsp3) is 0.778. The highest BCUT2D eigenvalue weighted by atomic mass is 31.1. The van der Waals surface area contributed by atoms with Crippen LogP contribution in [0.5, 0.6) is 0 Å². The predicted molar refractivity (Wildman–Crippen MR) is 56.7 cm³/mol. The summed E-state index contributed by atoms with van der Waals surface area (Å²) >= 11 is 0. The Morgan fingerprint density at radius 1 is 1.23 bits per heavy atom. The molecule has 0 saturated carbocycles. The van der Waals surface area contributed by atoms with E-state index in [2.05, 4.69) is 18.6 Å². The Bertz CT molecular complexity index is 144. The van der Waals surface area contributed by atoms with Crippen molar-refractivity contribution in [3.05, 3.63) is 0 Å². The second-order valence-electron chi connectivity index (χ2n) is 2.41. The van der Waals surface area contributed by atoms with Gasteiger partial charge in [0.15, 0.2) is 0 Å². The van der Waals surface area contributed by atoms with Gasteiger partial charge in [-0.1, -0.05) is 13.8 Å². The molecule has 0 amide bonds. The second-order valence-corrected chi connectivity index (χ2v) is 4.33. The van der Waals surface area contributed by atoms with E-state index in [0.717, 1.165) is 0 Å². The summed E-state index contributed by atoms with van der Waals surface area (Å²) in [4.78, 5) is 20.3. The van der Waals surface area contributed by atoms with Crippen LogP contribution in [0.4, 0.5) is 0 Å². The van der Waals surface area contributed by atoms with E-state index in [9.17, 15) is 9.59 Å². The minimum atomic E-state index is -0.475. The van der Waals surface area contributed by atoms with Crippen molar-refractivity contribution in [2.75, 3.05) is 19.4 Å². The first kappa shape index (κ1) is 15.1. The zero-order valence-electron chi connectivity index (χ0n) is 8.85. The van der Waals surface area contributed by atoms with Crippen LogP contribution in [0.2, 0.25) is 0 Å². The molecule has 0 bridgehead atoms. The highest BCUT2D eigenvalue weighted by Gasteiger charge is 2.01. The average Bonchev–Trinajstić information content (AvgIpc) is 2.06. The molecule has 4 heteroatoms. The smallest absolute Gasteiger partial charge is 0.313 e. The van der Waals surface area contributed by atoms with Crippen LogP contribution >= 0.6 is 8.58 Å². The summed E-state index contributed by atoms with van der Waals surface area (Å²) in [5.41, 5.74) is 0. The third-order valence-corrected chi connectivity index (χ3v) is 2.12. The van der Waals surface area contributed by atoms with Gasteiger partial charge in [0, 0.05) is 0 Å². The molecule has 13 heavy (non-hydrogen) atoms. The van der Waals surface area contributed by atoms with Gasteiger partial charge < -0.3 is 4.74 Å². The van der Waals surface area contributed by atoms with Gasteiger partial charge in [-0.25, -0.2) is 0 Å². The number of esters is 1. The molecule has 0 aromatic rings. The maximum atomic E-state index is 10.2. The van der Waals surface area contributed by atoms with Crippen molar-refractivity contribution in [3.63, 3.8) is 0 Å². The van der Waals surface area contributed by atoms with Crippen molar-refractivity contribution in [1.82, 2.24) is 0 Å². The highest BCUT2D eigenvalue weighted by Crippen LogP contribution is 2.03. The van der Waals surface area contributed by atoms with Crippen LogP contribution in [0, 0.1) is 0 Å². The number of hydrogen-bond acceptors (Lipinski definition) is 3. The maximum absolute atomic E-state index is 10.2. The van der Waals surface area contributed by atoms with Gasteiger partial charge in [-0.3, -0.25) is 9.59 Å². The number of Topliss-reactive ketones (excluding diaryl/α,β-unsaturated/α-hetero) is 1. The molecule has 0 heterocycles. The number of hydrogen-bond donors (Lipinski definition) is 0. The zero-order valence-corrected chi connectivity index (χ0v) is 9.85. The minimum absolute atomic E-state index is 0.115. The second kappa shape index (κ2) is 11.6. The molecule has 0 saturated heterocycles. The molecule has 0 spiro atoms. The molecule has 0 unspecified atom stereocenters. The van der Waals surface area contributed by atoms with E-state index in [4.69, 9.17) is 0 Å². The highest BCUT2D eigenvalue weighted by molar-refractivity contribution is 7.37. The van der Waals surface area contributed by atoms with Crippen LogP contribution in [0.15, 0.2) is 0 Å². The lowest BCUT2D eigenvalue weighted by Gasteiger charge is -1.90. The first-order valence-corrected chi connectivity index (χ1v) is 5.76. The summed E-state index contributed by atoms with van der Waals surface area (Å²) in [7, 11) is 2.45. The summed E-state index contributed by atoms with van der Waals surface area (Å²) in [6, 6.07) is 0. The predicted octanol–water partition coefficient (Wildman–Crippen LogP) is 1.84. The standard InChI is InChI=1S/C5H8O3.C4H11P/c1-4(6)3-5(7)8-2;1-3-5-4-2/h3H2,1-2H3;5H,3-4H2,1-2H3. The molecule has 0 rings (SSSR count). The van der Waals surface area contributed by atoms with Gasteiger partial charge in [0.05, 0.1) is 7.11 Å². The molecular formula is C9H19O3P. The lowest BCUT2D eigenvalue weighted by Crippen LogP contribution is -2.05. The first-order chi connectivity index (χ1) is 6.08. The molecule has 0 N–H and O–H groups in total. The molecule has 0 fully saturated rings. The van der Waals surface area contributed by atoms with Crippen molar-refractivity contribution in [2.24, 2.45) is 0 Å². The van der Waals surface area contributed by atoms with Crippen LogP contribution < -0.4 is 0 Å². The molecule has 3 nitrogen and oxygen atoms in total. The number of rotatable bonds is 4. The van der Waals surface area contributed by atoms with E-state index in [1.807, 2.05) is 0 Å². The van der Waals surface area contributed by atoms with E-state index in [0.29, 0.717) is 0 Å². The van der Waals surface area contributed by atoms with E-state index < -0.39 is 5.97 Å². The van der Waals surface area contributed by atoms with Crippen molar-refractivity contribution >= 4 is 20.3 Å². The van der Waals surface area contributed by atoms with Crippen LogP contribution in [-0.4, -0.2) is 31.2 Å². The largest absolute Gasteiger partial charge is 0.469 e. The number of carbonyl (C=O) groups is 2. The van der Waals surface area contributed by atoms with Gasteiger partial charge in [-0.2, -0.15) is 0 Å². The molecular weight excluding hydrogens is 187 g/mol. The molecule has 0 atom stereocenters. The fourth-order valence-corrected chi connectivity index (χ4v) is 1.03. The van der Waals surface area contributed by atoms with E-state index >= 15 is 0 Å². The Kier molecular flexibility index (Phi) is 13.4. The van der Waals surface area contributed by atoms with E-state index in [1.54, 1.807) is 0 Å². The molecule has 0 aliphatic rings. The Morgan fingerprint density at radius 3 is 1.77 bits per heavy atom. The fourth-order valence-electron chi connectivity index (χ4n) is 0.525. The topological polar surface area (TPSA) is 43.4 Å². The quantitative estimate of drug-likeness (QED) is 0.400. The van der Waals surface area contributed by atoms with Crippen molar-refractivity contribution < 1.29 is 14.3 Å². The number of carbonyl (C=O) groups excluding carboxylic acids is 2. The molecule has 0 aliphatic carbocycles. The van der Waals surface area contributed by atoms with Gasteiger partial charge in [0.2, 0.25) is 0 Å². The Labute approximate surface area is 82.0 Å². The Balaban J connectivity index is 0. The molecule has 78 valence electrons. The third kappa shape index (κ3) is 18.5. The van der Waals surface area contributed by atoms with Crippen LogP contribution in [0.3, 0.4) is 0 Å². The lowest BCUT2D eigenvalue weighted by molar-refractivity contribution is -0.142. The van der Waals surface area contributed by atoms with Gasteiger partial charge in [-0.05, 0) is 19.2 Å². The monoisotopic (exact) mass is 206 g/mol. The van der Waals surface area contributed by atoms with Gasteiger partial charge in [0.25, 0.3) is 0 Å². The van der Waals surface area contributed by atoms with Crippen molar-refractivity contribution in [1.29, 1.82) is 0 Å². The van der Waals surface area contributed by atoms with Crippen LogP contribution in [-0.2, 0) is 14.3 Å². The SMILES string of the molecule is CCPCC.COC(=O)CC(C)=O. The van der Waals surface area contributed by atoms with Gasteiger partial charge >= 0.3 is 5.97 Å². The van der Waals surface area contributed by atoms with Gasteiger partial charge in [-0.15, -0.1) is 8.58 Å². The van der Waals surface area contributed by atoms with Gasteiger partial charge in [0.1, 0.15) is 12.2 Å². The first-order valence-electron chi connectivity index (χ1n) is 4.35. The Morgan fingerprint density at radius 2 is 1.69 bits per heavy atom.